The zero-order valence-corrected chi connectivity index (χ0v) is 11.8. The Morgan fingerprint density at radius 1 is 1.25 bits per heavy atom. The molecule has 1 aromatic rings. The Balaban J connectivity index is 2.22. The first-order chi connectivity index (χ1) is 7.88. The molecule has 1 heterocycles. The van der Waals surface area contributed by atoms with Crippen molar-refractivity contribution in [2.45, 2.75) is 45.3 Å². The Morgan fingerprint density at radius 2 is 2.12 bits per heavy atom. The van der Waals surface area contributed by atoms with Crippen LogP contribution in [0.1, 0.15) is 45.2 Å². The molecular formula is C11H21N3S2. The summed E-state index contributed by atoms with van der Waals surface area (Å²) in [6, 6.07) is 0. The quantitative estimate of drug-likeness (QED) is 0.685. The van der Waals surface area contributed by atoms with Crippen molar-refractivity contribution in [3.63, 3.8) is 0 Å². The summed E-state index contributed by atoms with van der Waals surface area (Å²) in [6.45, 7) is 5.42. The number of hydrogen-bond acceptors (Lipinski definition) is 5. The minimum Gasteiger partial charge on any atom is -0.374 e. The predicted molar refractivity (Wildman–Crippen MR) is 74.4 cm³/mol. The average Bonchev–Trinajstić information content (AvgIpc) is 2.74. The van der Waals surface area contributed by atoms with Gasteiger partial charge in [0.2, 0.25) is 0 Å². The van der Waals surface area contributed by atoms with Crippen LogP contribution in [-0.4, -0.2) is 21.9 Å². The zero-order chi connectivity index (χ0) is 11.6. The third-order valence-electron chi connectivity index (χ3n) is 2.22. The number of nitrogens with one attached hydrogen (secondary N) is 1. The van der Waals surface area contributed by atoms with Crippen molar-refractivity contribution in [2.24, 2.45) is 0 Å². The third-order valence-corrected chi connectivity index (χ3v) is 4.00. The van der Waals surface area contributed by atoms with Crippen LogP contribution in [0.4, 0.5) is 5.00 Å². The van der Waals surface area contributed by atoms with E-state index in [-0.39, 0.29) is 0 Å². The smallest absolute Gasteiger partial charge is 0.134 e. The van der Waals surface area contributed by atoms with Crippen LogP contribution in [0.3, 0.4) is 0 Å². The molecule has 0 aliphatic heterocycles. The van der Waals surface area contributed by atoms with E-state index in [1.807, 2.05) is 11.8 Å². The normalized spacial score (nSPS) is 10.6. The standard InChI is InChI=1S/C11H21N3S2/c1-3-5-6-8-15-9-10-11(12-7-4-2)16-14-13-10/h12H,3-9H2,1-2H3. The lowest BCUT2D eigenvalue weighted by Gasteiger charge is -2.03. The maximum Gasteiger partial charge on any atom is 0.134 e. The summed E-state index contributed by atoms with van der Waals surface area (Å²) in [5, 5.41) is 8.70. The Hall–Kier alpha value is -0.290. The van der Waals surface area contributed by atoms with E-state index in [4.69, 9.17) is 0 Å². The highest BCUT2D eigenvalue weighted by molar-refractivity contribution is 7.98. The number of hydrogen-bond donors (Lipinski definition) is 1. The molecule has 0 aromatic carbocycles. The number of anilines is 1. The largest absolute Gasteiger partial charge is 0.374 e. The van der Waals surface area contributed by atoms with E-state index in [2.05, 4.69) is 28.8 Å². The highest BCUT2D eigenvalue weighted by atomic mass is 32.2. The van der Waals surface area contributed by atoms with Crippen LogP contribution in [0, 0.1) is 0 Å². The van der Waals surface area contributed by atoms with Crippen molar-refractivity contribution < 1.29 is 0 Å². The molecular weight excluding hydrogens is 238 g/mol. The summed E-state index contributed by atoms with van der Waals surface area (Å²) >= 11 is 3.43. The molecule has 0 saturated carbocycles. The van der Waals surface area contributed by atoms with Gasteiger partial charge in [-0.3, -0.25) is 0 Å². The van der Waals surface area contributed by atoms with Crippen molar-refractivity contribution >= 4 is 28.3 Å². The van der Waals surface area contributed by atoms with E-state index in [0.29, 0.717) is 0 Å². The van der Waals surface area contributed by atoms with Crippen LogP contribution in [0.2, 0.25) is 0 Å². The molecule has 0 aliphatic rings. The first kappa shape index (κ1) is 13.8. The van der Waals surface area contributed by atoms with Gasteiger partial charge >= 0.3 is 0 Å². The van der Waals surface area contributed by atoms with Crippen molar-refractivity contribution in [1.82, 2.24) is 9.59 Å². The highest BCUT2D eigenvalue weighted by Crippen LogP contribution is 2.22. The van der Waals surface area contributed by atoms with Gasteiger partial charge < -0.3 is 5.32 Å². The van der Waals surface area contributed by atoms with Gasteiger partial charge in [-0.25, -0.2) is 0 Å². The molecule has 0 radical (unpaired) electrons. The maximum absolute atomic E-state index is 4.17. The van der Waals surface area contributed by atoms with Gasteiger partial charge in [-0.05, 0) is 18.6 Å². The molecule has 0 atom stereocenters. The fourth-order valence-electron chi connectivity index (χ4n) is 1.30. The Morgan fingerprint density at radius 3 is 2.88 bits per heavy atom. The molecule has 1 N–H and O–H groups in total. The second-order valence-corrected chi connectivity index (χ2v) is 5.59. The number of nitrogens with zero attached hydrogens (tertiary/aromatic N) is 2. The lowest BCUT2D eigenvalue weighted by atomic mass is 10.3. The second kappa shape index (κ2) is 8.82. The van der Waals surface area contributed by atoms with Crippen LogP contribution in [0.25, 0.3) is 0 Å². The summed E-state index contributed by atoms with van der Waals surface area (Å²) in [4.78, 5) is 0. The monoisotopic (exact) mass is 259 g/mol. The molecule has 0 fully saturated rings. The fraction of sp³-hybridized carbons (Fsp3) is 0.818. The van der Waals surface area contributed by atoms with Gasteiger partial charge in [0, 0.05) is 23.8 Å². The topological polar surface area (TPSA) is 37.8 Å². The first-order valence-electron chi connectivity index (χ1n) is 6.01. The van der Waals surface area contributed by atoms with Crippen molar-refractivity contribution in [1.29, 1.82) is 0 Å². The number of rotatable bonds is 9. The lowest BCUT2D eigenvalue weighted by molar-refractivity contribution is 0.778. The predicted octanol–water partition coefficient (Wildman–Crippen LogP) is 3.78. The molecule has 92 valence electrons. The zero-order valence-electron chi connectivity index (χ0n) is 10.2. The maximum atomic E-state index is 4.17. The molecule has 5 heteroatoms. The van der Waals surface area contributed by atoms with Gasteiger partial charge in [0.25, 0.3) is 0 Å². The SMILES string of the molecule is CCCCCSCc1nnsc1NCCC. The van der Waals surface area contributed by atoms with Crippen LogP contribution in [0.5, 0.6) is 0 Å². The minimum atomic E-state index is 0.992. The molecule has 1 aromatic heterocycles. The van der Waals surface area contributed by atoms with Gasteiger partial charge in [0.05, 0.1) is 0 Å². The van der Waals surface area contributed by atoms with Gasteiger partial charge in [-0.2, -0.15) is 11.8 Å². The minimum absolute atomic E-state index is 0.992. The summed E-state index contributed by atoms with van der Waals surface area (Å²) in [5.41, 5.74) is 1.12. The highest BCUT2D eigenvalue weighted by Gasteiger charge is 2.06. The summed E-state index contributed by atoms with van der Waals surface area (Å²) in [7, 11) is 0. The number of aromatic nitrogens is 2. The van der Waals surface area contributed by atoms with Gasteiger partial charge in [-0.15, -0.1) is 5.10 Å². The van der Waals surface area contributed by atoms with Gasteiger partial charge in [0.1, 0.15) is 10.7 Å². The van der Waals surface area contributed by atoms with E-state index in [9.17, 15) is 0 Å². The van der Waals surface area contributed by atoms with E-state index in [1.54, 1.807) is 0 Å². The Labute approximate surface area is 107 Å². The molecule has 0 spiro atoms. The molecule has 0 unspecified atom stereocenters. The Kier molecular flexibility index (Phi) is 7.59. The van der Waals surface area contributed by atoms with Crippen LogP contribution < -0.4 is 5.32 Å². The average molecular weight is 259 g/mol. The van der Waals surface area contributed by atoms with Crippen LogP contribution >= 0.6 is 23.3 Å². The molecule has 16 heavy (non-hydrogen) atoms. The van der Waals surface area contributed by atoms with Crippen molar-refractivity contribution in [3.8, 4) is 0 Å². The lowest BCUT2D eigenvalue weighted by Crippen LogP contribution is -2.00. The second-order valence-electron chi connectivity index (χ2n) is 3.74. The molecule has 3 nitrogen and oxygen atoms in total. The molecule has 0 saturated heterocycles. The molecule has 1 rings (SSSR count). The van der Waals surface area contributed by atoms with Crippen LogP contribution in [0.15, 0.2) is 0 Å². The summed E-state index contributed by atoms with van der Waals surface area (Å²) in [6.07, 6.45) is 5.09. The van der Waals surface area contributed by atoms with Gasteiger partial charge in [0.15, 0.2) is 0 Å². The van der Waals surface area contributed by atoms with Crippen molar-refractivity contribution in [2.75, 3.05) is 17.6 Å². The summed E-state index contributed by atoms with van der Waals surface area (Å²) in [5.74, 6) is 2.23. The van der Waals surface area contributed by atoms with E-state index in [1.165, 1.54) is 36.5 Å². The molecule has 0 aliphatic carbocycles. The first-order valence-corrected chi connectivity index (χ1v) is 7.94. The third kappa shape index (κ3) is 5.16. The van der Waals surface area contributed by atoms with Crippen LogP contribution in [-0.2, 0) is 5.75 Å². The van der Waals surface area contributed by atoms with E-state index in [0.717, 1.165) is 29.4 Å². The van der Waals surface area contributed by atoms with E-state index < -0.39 is 0 Å². The molecule has 0 bridgehead atoms. The van der Waals surface area contributed by atoms with Gasteiger partial charge in [-0.1, -0.05) is 31.2 Å². The Bertz CT molecular complexity index is 276. The fourth-order valence-corrected chi connectivity index (χ4v) is 2.94. The van der Waals surface area contributed by atoms with E-state index >= 15 is 0 Å². The summed E-state index contributed by atoms with van der Waals surface area (Å²) < 4.78 is 4.01. The molecule has 0 amide bonds. The number of thioether (sulfide) groups is 1. The van der Waals surface area contributed by atoms with Crippen molar-refractivity contribution in [3.05, 3.63) is 5.69 Å². The number of unbranched alkanes of at least 4 members (excludes halogenated alkanes) is 2.